The second-order valence-electron chi connectivity index (χ2n) is 3.87. The van der Waals surface area contributed by atoms with Crippen LogP contribution in [0.4, 0.5) is 4.39 Å². The van der Waals surface area contributed by atoms with Gasteiger partial charge in [-0.05, 0) is 35.4 Å². The minimum Gasteiger partial charge on any atom is -0.306 e. The molecule has 0 radical (unpaired) electrons. The Hall–Kier alpha value is -0.900. The van der Waals surface area contributed by atoms with Crippen LogP contribution in [0.5, 0.6) is 0 Å². The second kappa shape index (κ2) is 5.63. The summed E-state index contributed by atoms with van der Waals surface area (Å²) in [6.45, 7) is 2.54. The fourth-order valence-electron chi connectivity index (χ4n) is 1.59. The summed E-state index contributed by atoms with van der Waals surface area (Å²) in [5, 5.41) is 7.58. The average molecular weight is 270 g/mol. The Bertz CT molecular complexity index is 484. The molecule has 0 saturated carbocycles. The Balaban J connectivity index is 2.00. The van der Waals surface area contributed by atoms with Gasteiger partial charge in [0.05, 0.1) is 5.02 Å². The zero-order valence-corrected chi connectivity index (χ0v) is 11.0. The topological polar surface area (TPSA) is 12.0 Å². The van der Waals surface area contributed by atoms with Gasteiger partial charge in [-0.15, -0.1) is 0 Å². The molecule has 1 heterocycles. The molecular weight excluding hydrogens is 257 g/mol. The van der Waals surface area contributed by atoms with E-state index in [4.69, 9.17) is 11.6 Å². The van der Waals surface area contributed by atoms with Gasteiger partial charge >= 0.3 is 0 Å². The third-order valence-electron chi connectivity index (χ3n) is 2.67. The van der Waals surface area contributed by atoms with Gasteiger partial charge in [0.15, 0.2) is 0 Å². The van der Waals surface area contributed by atoms with E-state index < -0.39 is 0 Å². The maximum atomic E-state index is 13.6. The fourth-order valence-corrected chi connectivity index (χ4v) is 2.54. The van der Waals surface area contributed by atoms with E-state index in [9.17, 15) is 4.39 Å². The standard InChI is InChI=1S/C13H13ClFNS/c1-9(11-5-6-17-8-11)16-7-10-3-2-4-12(14)13(10)15/h2-6,8-9,16H,7H2,1H3. The third kappa shape index (κ3) is 3.06. The predicted octanol–water partition coefficient (Wildman–Crippen LogP) is 4.39. The molecule has 1 atom stereocenters. The van der Waals surface area contributed by atoms with E-state index in [0.717, 1.165) is 0 Å². The number of hydrogen-bond acceptors (Lipinski definition) is 2. The Labute approximate surface area is 109 Å². The lowest BCUT2D eigenvalue weighted by Gasteiger charge is -2.13. The Kier molecular flexibility index (Phi) is 4.15. The van der Waals surface area contributed by atoms with Crippen molar-refractivity contribution in [1.82, 2.24) is 5.32 Å². The Morgan fingerprint density at radius 2 is 2.24 bits per heavy atom. The maximum absolute atomic E-state index is 13.6. The molecule has 1 aromatic heterocycles. The predicted molar refractivity (Wildman–Crippen MR) is 71.0 cm³/mol. The summed E-state index contributed by atoms with van der Waals surface area (Å²) >= 11 is 7.39. The third-order valence-corrected chi connectivity index (χ3v) is 3.67. The lowest BCUT2D eigenvalue weighted by atomic mass is 10.1. The number of nitrogens with one attached hydrogen (secondary N) is 1. The molecule has 0 aliphatic heterocycles. The second-order valence-corrected chi connectivity index (χ2v) is 5.06. The van der Waals surface area contributed by atoms with Crippen molar-refractivity contribution in [3.8, 4) is 0 Å². The highest BCUT2D eigenvalue weighted by atomic mass is 35.5. The van der Waals surface area contributed by atoms with Crippen LogP contribution in [0.1, 0.15) is 24.1 Å². The van der Waals surface area contributed by atoms with E-state index in [1.807, 2.05) is 5.38 Å². The fraction of sp³-hybridized carbons (Fsp3) is 0.231. The summed E-state index contributed by atoms with van der Waals surface area (Å²) < 4.78 is 13.6. The van der Waals surface area contributed by atoms with Gasteiger partial charge in [-0.2, -0.15) is 11.3 Å². The van der Waals surface area contributed by atoms with Crippen LogP contribution in [0.15, 0.2) is 35.0 Å². The van der Waals surface area contributed by atoms with Crippen molar-refractivity contribution >= 4 is 22.9 Å². The highest BCUT2D eigenvalue weighted by Crippen LogP contribution is 2.20. The van der Waals surface area contributed by atoms with E-state index in [-0.39, 0.29) is 16.9 Å². The molecule has 2 rings (SSSR count). The number of thiophene rings is 1. The molecule has 1 nitrogen and oxygen atoms in total. The van der Waals surface area contributed by atoms with Crippen molar-refractivity contribution in [3.05, 3.63) is 57.0 Å². The van der Waals surface area contributed by atoms with Gasteiger partial charge in [0.2, 0.25) is 0 Å². The monoisotopic (exact) mass is 269 g/mol. The molecule has 90 valence electrons. The van der Waals surface area contributed by atoms with Crippen LogP contribution in [-0.4, -0.2) is 0 Å². The first kappa shape index (κ1) is 12.6. The minimum absolute atomic E-state index is 0.174. The first-order valence-electron chi connectivity index (χ1n) is 5.37. The molecule has 2 aromatic rings. The van der Waals surface area contributed by atoms with E-state index >= 15 is 0 Å². The van der Waals surface area contributed by atoms with Crippen molar-refractivity contribution in [2.75, 3.05) is 0 Å². The molecule has 0 bridgehead atoms. The summed E-state index contributed by atoms with van der Waals surface area (Å²) in [4.78, 5) is 0. The lowest BCUT2D eigenvalue weighted by molar-refractivity contribution is 0.545. The molecule has 4 heteroatoms. The van der Waals surface area contributed by atoms with Crippen molar-refractivity contribution in [1.29, 1.82) is 0 Å². The van der Waals surface area contributed by atoms with Gasteiger partial charge < -0.3 is 5.32 Å². The van der Waals surface area contributed by atoms with Crippen molar-refractivity contribution < 1.29 is 4.39 Å². The van der Waals surface area contributed by atoms with Gasteiger partial charge in [-0.3, -0.25) is 0 Å². The number of halogens is 2. The van der Waals surface area contributed by atoms with Gasteiger partial charge in [0, 0.05) is 18.2 Å². The highest BCUT2D eigenvalue weighted by molar-refractivity contribution is 7.07. The summed E-state index contributed by atoms with van der Waals surface area (Å²) in [6, 6.07) is 7.34. The van der Waals surface area contributed by atoms with E-state index in [1.165, 1.54) is 5.56 Å². The molecule has 1 unspecified atom stereocenters. The van der Waals surface area contributed by atoms with Gasteiger partial charge in [0.1, 0.15) is 5.82 Å². The summed E-state index contributed by atoms with van der Waals surface area (Å²) in [6.07, 6.45) is 0. The molecular formula is C13H13ClFNS. The number of hydrogen-bond donors (Lipinski definition) is 1. The van der Waals surface area contributed by atoms with Crippen LogP contribution >= 0.6 is 22.9 Å². The average Bonchev–Trinajstić information content (AvgIpc) is 2.84. The SMILES string of the molecule is CC(NCc1cccc(Cl)c1F)c1ccsc1. The zero-order chi connectivity index (χ0) is 12.3. The van der Waals surface area contributed by atoms with Crippen LogP contribution in [-0.2, 0) is 6.54 Å². The molecule has 0 aliphatic carbocycles. The van der Waals surface area contributed by atoms with Crippen LogP contribution in [0.3, 0.4) is 0 Å². The van der Waals surface area contributed by atoms with Crippen LogP contribution in [0.2, 0.25) is 5.02 Å². The normalized spacial score (nSPS) is 12.6. The molecule has 0 amide bonds. The van der Waals surface area contributed by atoms with E-state index in [2.05, 4.69) is 23.7 Å². The largest absolute Gasteiger partial charge is 0.306 e. The highest BCUT2D eigenvalue weighted by Gasteiger charge is 2.09. The number of rotatable bonds is 4. The first-order valence-corrected chi connectivity index (χ1v) is 6.69. The van der Waals surface area contributed by atoms with Crippen molar-refractivity contribution in [2.24, 2.45) is 0 Å². The van der Waals surface area contributed by atoms with Crippen molar-refractivity contribution in [3.63, 3.8) is 0 Å². The molecule has 17 heavy (non-hydrogen) atoms. The van der Waals surface area contributed by atoms with Gasteiger partial charge in [0.25, 0.3) is 0 Å². The smallest absolute Gasteiger partial charge is 0.146 e. The molecule has 1 aromatic carbocycles. The zero-order valence-electron chi connectivity index (χ0n) is 9.41. The van der Waals surface area contributed by atoms with E-state index in [1.54, 1.807) is 29.5 Å². The summed E-state index contributed by atoms with van der Waals surface area (Å²) in [5.41, 5.74) is 1.82. The molecule has 0 fully saturated rings. The van der Waals surface area contributed by atoms with Crippen molar-refractivity contribution in [2.45, 2.75) is 19.5 Å². The maximum Gasteiger partial charge on any atom is 0.146 e. The Morgan fingerprint density at radius 3 is 2.94 bits per heavy atom. The molecule has 0 spiro atoms. The van der Waals surface area contributed by atoms with Crippen LogP contribution < -0.4 is 5.32 Å². The Morgan fingerprint density at radius 1 is 1.41 bits per heavy atom. The van der Waals surface area contributed by atoms with Crippen LogP contribution in [0.25, 0.3) is 0 Å². The quantitative estimate of drug-likeness (QED) is 0.868. The van der Waals surface area contributed by atoms with Gasteiger partial charge in [-0.25, -0.2) is 4.39 Å². The summed E-state index contributed by atoms with van der Waals surface area (Å²) in [7, 11) is 0. The molecule has 1 N–H and O–H groups in total. The molecule has 0 aliphatic rings. The first-order chi connectivity index (χ1) is 8.18. The van der Waals surface area contributed by atoms with E-state index in [0.29, 0.717) is 12.1 Å². The number of benzene rings is 1. The molecule has 0 saturated heterocycles. The lowest BCUT2D eigenvalue weighted by Crippen LogP contribution is -2.18. The minimum atomic E-state index is -0.334. The summed E-state index contributed by atoms with van der Waals surface area (Å²) in [5.74, 6) is -0.334. The van der Waals surface area contributed by atoms with Crippen LogP contribution in [0, 0.1) is 5.82 Å². The van der Waals surface area contributed by atoms with Gasteiger partial charge in [-0.1, -0.05) is 23.7 Å².